The Labute approximate surface area is 138 Å². The molecule has 1 saturated carbocycles. The predicted octanol–water partition coefficient (Wildman–Crippen LogP) is 4.48. The first-order valence-corrected chi connectivity index (χ1v) is 8.56. The summed E-state index contributed by atoms with van der Waals surface area (Å²) in [4.78, 5) is 12.4. The lowest BCUT2D eigenvalue weighted by molar-refractivity contribution is 0.0998. The van der Waals surface area contributed by atoms with E-state index < -0.39 is 0 Å². The molecule has 0 saturated heterocycles. The van der Waals surface area contributed by atoms with E-state index in [0.717, 1.165) is 20.4 Å². The number of carbonyl (C=O) groups is 1. The van der Waals surface area contributed by atoms with E-state index >= 15 is 0 Å². The summed E-state index contributed by atoms with van der Waals surface area (Å²) in [5.41, 5.74) is 1.51. The van der Waals surface area contributed by atoms with Gasteiger partial charge < -0.3 is 4.42 Å². The van der Waals surface area contributed by atoms with Crippen LogP contribution < -0.4 is 5.32 Å². The van der Waals surface area contributed by atoms with Gasteiger partial charge in [-0.1, -0.05) is 27.3 Å². The van der Waals surface area contributed by atoms with Crippen molar-refractivity contribution in [3.8, 4) is 0 Å². The smallest absolute Gasteiger partial charge is 0.293 e. The Balaban J connectivity index is 1.62. The zero-order chi connectivity index (χ0) is 15.3. The summed E-state index contributed by atoms with van der Waals surface area (Å²) < 4.78 is 6.61. The van der Waals surface area contributed by atoms with E-state index in [9.17, 15) is 4.79 Å². The highest BCUT2D eigenvalue weighted by atomic mass is 79.9. The number of fused-ring (bicyclic) bond motifs is 1. The Bertz CT molecular complexity index is 882. The van der Waals surface area contributed by atoms with Crippen LogP contribution in [0.4, 0.5) is 5.13 Å². The highest BCUT2D eigenvalue weighted by molar-refractivity contribution is 9.10. The summed E-state index contributed by atoms with van der Waals surface area (Å²) in [6.45, 7) is 1.88. The second-order valence-corrected chi connectivity index (χ2v) is 7.30. The first kappa shape index (κ1) is 13.9. The van der Waals surface area contributed by atoms with Crippen molar-refractivity contribution in [3.05, 3.63) is 39.0 Å². The molecule has 112 valence electrons. The summed E-state index contributed by atoms with van der Waals surface area (Å²) in [5.74, 6) is 0.563. The molecule has 7 heteroatoms. The van der Waals surface area contributed by atoms with Gasteiger partial charge in [-0.3, -0.25) is 10.1 Å². The maximum atomic E-state index is 12.4. The van der Waals surface area contributed by atoms with Crippen molar-refractivity contribution in [2.75, 3.05) is 5.32 Å². The maximum Gasteiger partial charge on any atom is 0.293 e. The number of benzene rings is 1. The Hall–Kier alpha value is -1.73. The highest BCUT2D eigenvalue weighted by Crippen LogP contribution is 2.42. The number of anilines is 1. The molecule has 5 nitrogen and oxygen atoms in total. The number of hydrogen-bond acceptors (Lipinski definition) is 5. The Morgan fingerprint density at radius 2 is 2.23 bits per heavy atom. The molecule has 0 aliphatic heterocycles. The number of nitrogens with one attached hydrogen (secondary N) is 1. The van der Waals surface area contributed by atoms with Gasteiger partial charge in [0.25, 0.3) is 5.91 Å². The number of rotatable bonds is 3. The largest absolute Gasteiger partial charge is 0.451 e. The number of aromatic nitrogens is 2. The van der Waals surface area contributed by atoms with E-state index in [1.807, 2.05) is 25.1 Å². The molecular formula is C15H12BrN3O2S. The zero-order valence-electron chi connectivity index (χ0n) is 11.7. The summed E-state index contributed by atoms with van der Waals surface area (Å²) in [5, 5.41) is 13.4. The van der Waals surface area contributed by atoms with Crippen molar-refractivity contribution in [2.45, 2.75) is 25.7 Å². The van der Waals surface area contributed by atoms with Gasteiger partial charge >= 0.3 is 0 Å². The van der Waals surface area contributed by atoms with E-state index in [-0.39, 0.29) is 5.91 Å². The fourth-order valence-electron chi connectivity index (χ4n) is 2.35. The molecule has 0 atom stereocenters. The number of hydrogen-bond donors (Lipinski definition) is 1. The minimum atomic E-state index is -0.289. The van der Waals surface area contributed by atoms with Gasteiger partial charge in [-0.25, -0.2) is 0 Å². The third-order valence-corrected chi connectivity index (χ3v) is 5.19. The highest BCUT2D eigenvalue weighted by Gasteiger charge is 2.28. The van der Waals surface area contributed by atoms with Crippen molar-refractivity contribution >= 4 is 49.3 Å². The van der Waals surface area contributed by atoms with Gasteiger partial charge in [0.1, 0.15) is 10.6 Å². The first-order chi connectivity index (χ1) is 10.6. The van der Waals surface area contributed by atoms with Crippen molar-refractivity contribution in [1.82, 2.24) is 10.2 Å². The van der Waals surface area contributed by atoms with E-state index in [2.05, 4.69) is 31.4 Å². The molecule has 1 aromatic carbocycles. The van der Waals surface area contributed by atoms with Crippen LogP contribution >= 0.6 is 27.3 Å². The van der Waals surface area contributed by atoms with Crippen LogP contribution in [0.5, 0.6) is 0 Å². The molecule has 0 spiro atoms. The van der Waals surface area contributed by atoms with E-state index in [4.69, 9.17) is 4.42 Å². The molecule has 1 N–H and O–H groups in total. The van der Waals surface area contributed by atoms with Crippen molar-refractivity contribution in [1.29, 1.82) is 0 Å². The number of aryl methyl sites for hydroxylation is 1. The third-order valence-electron chi connectivity index (χ3n) is 3.69. The molecular weight excluding hydrogens is 366 g/mol. The summed E-state index contributed by atoms with van der Waals surface area (Å²) in [7, 11) is 0. The Kier molecular flexibility index (Phi) is 3.27. The van der Waals surface area contributed by atoms with Crippen molar-refractivity contribution in [2.24, 2.45) is 0 Å². The monoisotopic (exact) mass is 377 g/mol. The number of nitrogens with zero attached hydrogens (tertiary/aromatic N) is 2. The van der Waals surface area contributed by atoms with Crippen LogP contribution in [0.2, 0.25) is 0 Å². The maximum absolute atomic E-state index is 12.4. The van der Waals surface area contributed by atoms with Gasteiger partial charge in [-0.15, -0.1) is 10.2 Å². The SMILES string of the molecule is Cc1c(C(=O)Nc2nnc(C3CC3)s2)oc2cc(Br)ccc12. The molecule has 0 bridgehead atoms. The van der Waals surface area contributed by atoms with E-state index in [1.165, 1.54) is 24.2 Å². The Morgan fingerprint density at radius 1 is 1.41 bits per heavy atom. The minimum absolute atomic E-state index is 0.289. The molecule has 3 aromatic rings. The lowest BCUT2D eigenvalue weighted by Gasteiger charge is -1.98. The second kappa shape index (κ2) is 5.17. The van der Waals surface area contributed by atoms with Crippen LogP contribution in [0, 0.1) is 6.92 Å². The summed E-state index contributed by atoms with van der Waals surface area (Å²) in [6, 6.07) is 5.72. The van der Waals surface area contributed by atoms with Gasteiger partial charge in [0, 0.05) is 21.3 Å². The number of amides is 1. The molecule has 0 radical (unpaired) electrons. The normalized spacial score (nSPS) is 14.5. The van der Waals surface area contributed by atoms with Gasteiger partial charge in [-0.2, -0.15) is 0 Å². The lowest BCUT2D eigenvalue weighted by atomic mass is 10.1. The number of halogens is 1. The molecule has 1 aliphatic carbocycles. The van der Waals surface area contributed by atoms with Crippen LogP contribution in [0.1, 0.15) is 39.9 Å². The average molecular weight is 378 g/mol. The fraction of sp³-hybridized carbons (Fsp3) is 0.267. The van der Waals surface area contributed by atoms with Crippen LogP contribution in [-0.4, -0.2) is 16.1 Å². The number of carbonyl (C=O) groups excluding carboxylic acids is 1. The number of furan rings is 1. The topological polar surface area (TPSA) is 68.0 Å². The van der Waals surface area contributed by atoms with Crippen molar-refractivity contribution < 1.29 is 9.21 Å². The van der Waals surface area contributed by atoms with Crippen LogP contribution in [0.15, 0.2) is 27.1 Å². The summed E-state index contributed by atoms with van der Waals surface area (Å²) in [6.07, 6.45) is 2.33. The van der Waals surface area contributed by atoms with Crippen LogP contribution in [0.25, 0.3) is 11.0 Å². The van der Waals surface area contributed by atoms with Gasteiger partial charge in [0.05, 0.1) is 0 Å². The zero-order valence-corrected chi connectivity index (χ0v) is 14.1. The predicted molar refractivity (Wildman–Crippen MR) is 88.5 cm³/mol. The van der Waals surface area contributed by atoms with Crippen molar-refractivity contribution in [3.63, 3.8) is 0 Å². The molecule has 4 rings (SSSR count). The first-order valence-electron chi connectivity index (χ1n) is 6.95. The molecule has 0 unspecified atom stereocenters. The van der Waals surface area contributed by atoms with E-state index in [1.54, 1.807) is 0 Å². The minimum Gasteiger partial charge on any atom is -0.451 e. The molecule has 22 heavy (non-hydrogen) atoms. The van der Waals surface area contributed by atoms with Gasteiger partial charge in [-0.05, 0) is 38.0 Å². The molecule has 2 aromatic heterocycles. The standard InChI is InChI=1S/C15H12BrN3O2S/c1-7-10-5-4-9(16)6-11(10)21-12(7)13(20)17-15-19-18-14(22-15)8-2-3-8/h4-6,8H,2-3H2,1H3,(H,17,19,20). The van der Waals surface area contributed by atoms with Crippen LogP contribution in [0.3, 0.4) is 0 Å². The molecule has 1 amide bonds. The molecule has 1 aliphatic rings. The average Bonchev–Trinajstić information content (AvgIpc) is 3.16. The quantitative estimate of drug-likeness (QED) is 0.730. The fourth-order valence-corrected chi connectivity index (χ4v) is 3.60. The summed E-state index contributed by atoms with van der Waals surface area (Å²) >= 11 is 4.84. The molecule has 2 heterocycles. The van der Waals surface area contributed by atoms with E-state index in [0.29, 0.717) is 22.4 Å². The van der Waals surface area contributed by atoms with Gasteiger partial charge in [0.15, 0.2) is 5.76 Å². The Morgan fingerprint density at radius 3 is 3.00 bits per heavy atom. The third kappa shape index (κ3) is 2.44. The van der Waals surface area contributed by atoms with Crippen LogP contribution in [-0.2, 0) is 0 Å². The van der Waals surface area contributed by atoms with Gasteiger partial charge in [0.2, 0.25) is 5.13 Å². The lowest BCUT2D eigenvalue weighted by Crippen LogP contribution is -2.11. The molecule has 1 fully saturated rings. The second-order valence-electron chi connectivity index (χ2n) is 5.37.